The van der Waals surface area contributed by atoms with Crippen LogP contribution < -0.4 is 11.1 Å². The van der Waals surface area contributed by atoms with E-state index in [1.54, 1.807) is 0 Å². The number of nitrogens with zero attached hydrogens (tertiary/aromatic N) is 1. The van der Waals surface area contributed by atoms with Crippen molar-refractivity contribution >= 4 is 22.4 Å². The van der Waals surface area contributed by atoms with Crippen molar-refractivity contribution in [1.29, 1.82) is 0 Å². The maximum Gasteiger partial charge on any atom is 0.147 e. The first kappa shape index (κ1) is 11.9. The number of nitrogens with one attached hydrogen (secondary N) is 1. The van der Waals surface area contributed by atoms with Crippen LogP contribution in [0, 0.1) is 0 Å². The second-order valence-electron chi connectivity index (χ2n) is 3.64. The van der Waals surface area contributed by atoms with Gasteiger partial charge in [0.1, 0.15) is 10.8 Å². The Hall–Kier alpha value is -1.59. The van der Waals surface area contributed by atoms with Gasteiger partial charge in [-0.25, -0.2) is 0 Å². The number of hydrogen-bond acceptors (Lipinski definition) is 5. The van der Waals surface area contributed by atoms with E-state index in [1.165, 1.54) is 11.5 Å². The molecule has 2 aromatic rings. The van der Waals surface area contributed by atoms with Crippen molar-refractivity contribution in [2.75, 3.05) is 24.2 Å². The third kappa shape index (κ3) is 2.75. The molecule has 0 aliphatic rings. The Bertz CT molecular complexity index is 470. The van der Waals surface area contributed by atoms with Crippen molar-refractivity contribution in [3.05, 3.63) is 30.3 Å². The van der Waals surface area contributed by atoms with Crippen molar-refractivity contribution in [3.8, 4) is 11.1 Å². The first-order valence-electron chi connectivity index (χ1n) is 5.48. The number of nitrogen functional groups attached to an aromatic ring is 1. The third-order valence-corrected chi connectivity index (χ3v) is 3.22. The molecule has 1 aromatic carbocycles. The zero-order chi connectivity index (χ0) is 12.1. The van der Waals surface area contributed by atoms with E-state index >= 15 is 0 Å². The lowest BCUT2D eigenvalue weighted by Gasteiger charge is -2.06. The maximum absolute atomic E-state index is 8.76. The molecule has 0 radical (unpaired) electrons. The zero-order valence-corrected chi connectivity index (χ0v) is 10.2. The fourth-order valence-electron chi connectivity index (χ4n) is 1.59. The van der Waals surface area contributed by atoms with Gasteiger partial charge in [0, 0.05) is 13.2 Å². The lowest BCUT2D eigenvalue weighted by atomic mass is 10.1. The average molecular weight is 249 g/mol. The van der Waals surface area contributed by atoms with Crippen molar-refractivity contribution < 1.29 is 5.11 Å². The molecule has 4 N–H and O–H groups in total. The van der Waals surface area contributed by atoms with Crippen LogP contribution in [0.4, 0.5) is 10.8 Å². The molecule has 0 aliphatic heterocycles. The van der Waals surface area contributed by atoms with Crippen molar-refractivity contribution in [2.45, 2.75) is 6.42 Å². The van der Waals surface area contributed by atoms with Gasteiger partial charge >= 0.3 is 0 Å². The summed E-state index contributed by atoms with van der Waals surface area (Å²) in [6.07, 6.45) is 0.714. The smallest absolute Gasteiger partial charge is 0.147 e. The predicted molar refractivity (Wildman–Crippen MR) is 72.2 cm³/mol. The molecule has 1 aromatic heterocycles. The van der Waals surface area contributed by atoms with Crippen LogP contribution in [0.15, 0.2) is 30.3 Å². The van der Waals surface area contributed by atoms with E-state index in [1.807, 2.05) is 30.3 Å². The van der Waals surface area contributed by atoms with Gasteiger partial charge in [0.15, 0.2) is 0 Å². The minimum Gasteiger partial charge on any atom is -0.396 e. The Labute approximate surface area is 104 Å². The highest BCUT2D eigenvalue weighted by Crippen LogP contribution is 2.36. The average Bonchev–Trinajstić information content (AvgIpc) is 2.72. The second-order valence-corrected chi connectivity index (χ2v) is 4.42. The monoisotopic (exact) mass is 249 g/mol. The van der Waals surface area contributed by atoms with E-state index in [0.29, 0.717) is 12.2 Å². The summed E-state index contributed by atoms with van der Waals surface area (Å²) in [5.41, 5.74) is 7.90. The summed E-state index contributed by atoms with van der Waals surface area (Å²) < 4.78 is 4.17. The van der Waals surface area contributed by atoms with Crippen LogP contribution in [0.5, 0.6) is 0 Å². The Morgan fingerprint density at radius 2 is 2.06 bits per heavy atom. The molecule has 0 unspecified atom stereocenters. The molecule has 4 nitrogen and oxygen atoms in total. The summed E-state index contributed by atoms with van der Waals surface area (Å²) >= 11 is 1.35. The van der Waals surface area contributed by atoms with E-state index < -0.39 is 0 Å². The normalized spacial score (nSPS) is 10.4. The van der Waals surface area contributed by atoms with Gasteiger partial charge in [-0.3, -0.25) is 0 Å². The van der Waals surface area contributed by atoms with Crippen molar-refractivity contribution in [2.24, 2.45) is 0 Å². The van der Waals surface area contributed by atoms with E-state index in [9.17, 15) is 0 Å². The fourth-order valence-corrected chi connectivity index (χ4v) is 2.35. The van der Waals surface area contributed by atoms with Crippen LogP contribution in [0.25, 0.3) is 11.1 Å². The SMILES string of the molecule is Nc1nsc(NCCCO)c1-c1ccccc1. The molecule has 0 amide bonds. The van der Waals surface area contributed by atoms with Gasteiger partial charge in [-0.1, -0.05) is 30.3 Å². The first-order chi connectivity index (χ1) is 8.33. The van der Waals surface area contributed by atoms with E-state index in [0.717, 1.165) is 22.7 Å². The molecule has 1 heterocycles. The maximum atomic E-state index is 8.76. The van der Waals surface area contributed by atoms with E-state index in [4.69, 9.17) is 10.8 Å². The van der Waals surface area contributed by atoms with Gasteiger partial charge in [-0.05, 0) is 23.5 Å². The minimum atomic E-state index is 0.182. The second kappa shape index (κ2) is 5.65. The standard InChI is InChI=1S/C12H15N3OS/c13-11-10(9-5-2-1-3-6-9)12(17-15-11)14-7-4-8-16/h1-3,5-6,14,16H,4,7-8H2,(H2,13,15). The van der Waals surface area contributed by atoms with Gasteiger partial charge in [0.2, 0.25) is 0 Å². The van der Waals surface area contributed by atoms with Gasteiger partial charge in [-0.2, -0.15) is 4.37 Å². The fraction of sp³-hybridized carbons (Fsp3) is 0.250. The molecule has 0 saturated carbocycles. The van der Waals surface area contributed by atoms with Gasteiger partial charge in [-0.15, -0.1) is 0 Å². The molecule has 0 fully saturated rings. The lowest BCUT2D eigenvalue weighted by Crippen LogP contribution is -2.03. The number of nitrogens with two attached hydrogens (primary N) is 1. The topological polar surface area (TPSA) is 71.2 Å². The molecule has 0 atom stereocenters. The third-order valence-electron chi connectivity index (χ3n) is 2.40. The number of aromatic nitrogens is 1. The van der Waals surface area contributed by atoms with Crippen LogP contribution in [0.2, 0.25) is 0 Å². The summed E-state index contributed by atoms with van der Waals surface area (Å²) in [6.45, 7) is 0.903. The minimum absolute atomic E-state index is 0.182. The first-order valence-corrected chi connectivity index (χ1v) is 6.25. The summed E-state index contributed by atoms with van der Waals surface area (Å²) in [7, 11) is 0. The van der Waals surface area contributed by atoms with Crippen LogP contribution >= 0.6 is 11.5 Å². The molecular formula is C12H15N3OS. The Morgan fingerprint density at radius 3 is 2.76 bits per heavy atom. The Morgan fingerprint density at radius 1 is 1.29 bits per heavy atom. The van der Waals surface area contributed by atoms with Crippen molar-refractivity contribution in [1.82, 2.24) is 4.37 Å². The predicted octanol–water partition coefficient (Wildman–Crippen LogP) is 2.19. The molecule has 90 valence electrons. The molecule has 0 spiro atoms. The summed E-state index contributed by atoms with van der Waals surface area (Å²) in [5.74, 6) is 0.549. The Balaban J connectivity index is 2.24. The lowest BCUT2D eigenvalue weighted by molar-refractivity contribution is 0.292. The molecule has 2 rings (SSSR count). The van der Waals surface area contributed by atoms with Gasteiger partial charge < -0.3 is 16.2 Å². The van der Waals surface area contributed by atoms with Crippen LogP contribution in [0.1, 0.15) is 6.42 Å². The largest absolute Gasteiger partial charge is 0.396 e. The molecule has 5 heteroatoms. The number of benzene rings is 1. The molecule has 17 heavy (non-hydrogen) atoms. The number of aliphatic hydroxyl groups excluding tert-OH is 1. The van der Waals surface area contributed by atoms with E-state index in [-0.39, 0.29) is 6.61 Å². The number of hydrogen-bond donors (Lipinski definition) is 3. The highest BCUT2D eigenvalue weighted by Gasteiger charge is 2.12. The number of rotatable bonds is 5. The Kier molecular flexibility index (Phi) is 3.95. The highest BCUT2D eigenvalue weighted by molar-refractivity contribution is 7.11. The van der Waals surface area contributed by atoms with Crippen LogP contribution in [-0.2, 0) is 0 Å². The molecule has 0 aliphatic carbocycles. The van der Waals surface area contributed by atoms with E-state index in [2.05, 4.69) is 9.69 Å². The van der Waals surface area contributed by atoms with Crippen LogP contribution in [-0.4, -0.2) is 22.6 Å². The van der Waals surface area contributed by atoms with Crippen LogP contribution in [0.3, 0.4) is 0 Å². The quantitative estimate of drug-likeness (QED) is 0.710. The summed E-state index contributed by atoms with van der Waals surface area (Å²) in [6, 6.07) is 9.95. The molecular weight excluding hydrogens is 234 g/mol. The summed E-state index contributed by atoms with van der Waals surface area (Å²) in [5, 5.41) is 13.0. The van der Waals surface area contributed by atoms with Crippen molar-refractivity contribution in [3.63, 3.8) is 0 Å². The summed E-state index contributed by atoms with van der Waals surface area (Å²) in [4.78, 5) is 0. The number of anilines is 2. The van der Waals surface area contributed by atoms with Gasteiger partial charge in [0.25, 0.3) is 0 Å². The highest BCUT2D eigenvalue weighted by atomic mass is 32.1. The molecule has 0 saturated heterocycles. The number of aliphatic hydroxyl groups is 1. The zero-order valence-electron chi connectivity index (χ0n) is 9.39. The van der Waals surface area contributed by atoms with Gasteiger partial charge in [0.05, 0.1) is 5.56 Å². The molecule has 0 bridgehead atoms.